The lowest BCUT2D eigenvalue weighted by molar-refractivity contribution is -0.137. The van der Waals surface area contributed by atoms with Gasteiger partial charge in [-0.2, -0.15) is 13.2 Å². The highest BCUT2D eigenvalue weighted by Crippen LogP contribution is 2.30. The van der Waals surface area contributed by atoms with Gasteiger partial charge < -0.3 is 19.6 Å². The molecule has 0 spiro atoms. The fourth-order valence-electron chi connectivity index (χ4n) is 3.30. The number of ether oxygens (including phenoxy) is 1. The van der Waals surface area contributed by atoms with Crippen molar-refractivity contribution in [2.24, 2.45) is 4.99 Å². The van der Waals surface area contributed by atoms with Gasteiger partial charge in [0, 0.05) is 24.6 Å². The van der Waals surface area contributed by atoms with E-state index >= 15 is 0 Å². The van der Waals surface area contributed by atoms with Gasteiger partial charge in [0.1, 0.15) is 16.9 Å². The van der Waals surface area contributed by atoms with Gasteiger partial charge in [-0.1, -0.05) is 0 Å². The molecular weight excluding hydrogens is 413 g/mol. The predicted molar refractivity (Wildman–Crippen MR) is 106 cm³/mol. The van der Waals surface area contributed by atoms with Crippen LogP contribution in [0.1, 0.15) is 28.8 Å². The number of nitrogens with one attached hydrogen (secondary N) is 1. The first kappa shape index (κ1) is 20.9. The van der Waals surface area contributed by atoms with Crippen LogP contribution in [0.15, 0.2) is 57.9 Å². The lowest BCUT2D eigenvalue weighted by Gasteiger charge is -2.11. The van der Waals surface area contributed by atoms with Crippen molar-refractivity contribution >= 4 is 22.6 Å². The molecule has 0 radical (unpaired) electrons. The third kappa shape index (κ3) is 4.88. The van der Waals surface area contributed by atoms with E-state index in [9.17, 15) is 23.1 Å². The maximum Gasteiger partial charge on any atom is 0.416 e. The summed E-state index contributed by atoms with van der Waals surface area (Å²) in [7, 11) is 0. The number of fused-ring (bicyclic) bond motifs is 1. The van der Waals surface area contributed by atoms with Crippen molar-refractivity contribution in [1.82, 2.24) is 5.32 Å². The second kappa shape index (κ2) is 8.43. The molecule has 3 aromatic rings. The van der Waals surface area contributed by atoms with E-state index in [1.54, 1.807) is 12.1 Å². The van der Waals surface area contributed by atoms with Gasteiger partial charge in [-0.05, 0) is 55.3 Å². The molecule has 2 aromatic carbocycles. The van der Waals surface area contributed by atoms with Crippen molar-refractivity contribution in [2.75, 3.05) is 13.2 Å². The zero-order valence-corrected chi connectivity index (χ0v) is 16.3. The smallest absolute Gasteiger partial charge is 0.416 e. The first-order valence-electron chi connectivity index (χ1n) is 9.68. The SMILES string of the molecule is O=C(NCC1CCCO1)c1cc2ccc(O)cc2oc1=Nc1ccc(C(F)(F)F)cc1. The van der Waals surface area contributed by atoms with Crippen LogP contribution in [-0.2, 0) is 10.9 Å². The number of hydrogen-bond donors (Lipinski definition) is 2. The van der Waals surface area contributed by atoms with E-state index in [0.717, 1.165) is 25.0 Å². The average Bonchev–Trinajstić information content (AvgIpc) is 3.25. The number of carbonyl (C=O) groups excluding carboxylic acids is 1. The average molecular weight is 432 g/mol. The Morgan fingerprint density at radius 1 is 1.16 bits per heavy atom. The minimum Gasteiger partial charge on any atom is -0.508 e. The van der Waals surface area contributed by atoms with Crippen molar-refractivity contribution < 1.29 is 32.2 Å². The van der Waals surface area contributed by atoms with Gasteiger partial charge in [0.25, 0.3) is 5.91 Å². The highest BCUT2D eigenvalue weighted by molar-refractivity contribution is 5.96. The first-order chi connectivity index (χ1) is 14.8. The monoisotopic (exact) mass is 432 g/mol. The van der Waals surface area contributed by atoms with Gasteiger partial charge in [0.2, 0.25) is 5.55 Å². The van der Waals surface area contributed by atoms with Crippen molar-refractivity contribution in [2.45, 2.75) is 25.1 Å². The van der Waals surface area contributed by atoms with Crippen LogP contribution in [0, 0.1) is 0 Å². The Hall–Kier alpha value is -3.33. The molecule has 4 rings (SSSR count). The number of carbonyl (C=O) groups is 1. The Morgan fingerprint density at radius 2 is 1.94 bits per heavy atom. The topological polar surface area (TPSA) is 84.1 Å². The summed E-state index contributed by atoms with van der Waals surface area (Å²) < 4.78 is 49.7. The number of alkyl halides is 3. The summed E-state index contributed by atoms with van der Waals surface area (Å²) in [6.45, 7) is 0.982. The summed E-state index contributed by atoms with van der Waals surface area (Å²) in [5.74, 6) is -0.479. The minimum absolute atomic E-state index is 0.0349. The van der Waals surface area contributed by atoms with Crippen LogP contribution in [0.25, 0.3) is 11.0 Å². The Balaban J connectivity index is 1.73. The number of halogens is 3. The van der Waals surface area contributed by atoms with E-state index in [1.165, 1.54) is 24.3 Å². The lowest BCUT2D eigenvalue weighted by Crippen LogP contribution is -2.34. The molecule has 6 nitrogen and oxygen atoms in total. The van der Waals surface area contributed by atoms with Gasteiger partial charge in [0.15, 0.2) is 0 Å². The molecule has 162 valence electrons. The van der Waals surface area contributed by atoms with Crippen LogP contribution >= 0.6 is 0 Å². The lowest BCUT2D eigenvalue weighted by atomic mass is 10.1. The maximum atomic E-state index is 12.8. The minimum atomic E-state index is -4.46. The molecule has 1 aromatic heterocycles. The summed E-state index contributed by atoms with van der Waals surface area (Å²) in [6, 6.07) is 10.2. The Bertz CT molecular complexity index is 1160. The van der Waals surface area contributed by atoms with Crippen molar-refractivity contribution in [3.8, 4) is 5.75 Å². The quantitative estimate of drug-likeness (QED) is 0.644. The fourth-order valence-corrected chi connectivity index (χ4v) is 3.30. The first-order valence-corrected chi connectivity index (χ1v) is 9.68. The number of amides is 1. The molecule has 1 fully saturated rings. The van der Waals surface area contributed by atoms with E-state index in [2.05, 4.69) is 10.3 Å². The molecule has 31 heavy (non-hydrogen) atoms. The second-order valence-corrected chi connectivity index (χ2v) is 7.19. The summed E-state index contributed by atoms with van der Waals surface area (Å²) in [5.41, 5.74) is -0.300. The summed E-state index contributed by atoms with van der Waals surface area (Å²) in [6.07, 6.45) is -2.74. The van der Waals surface area contributed by atoms with Crippen LogP contribution < -0.4 is 10.9 Å². The normalized spacial score (nSPS) is 17.3. The zero-order valence-electron chi connectivity index (χ0n) is 16.3. The molecule has 1 amide bonds. The molecule has 0 saturated carbocycles. The van der Waals surface area contributed by atoms with Crippen molar-refractivity contribution in [3.63, 3.8) is 0 Å². The zero-order chi connectivity index (χ0) is 22.0. The number of rotatable bonds is 4. The third-order valence-electron chi connectivity index (χ3n) is 4.92. The van der Waals surface area contributed by atoms with Gasteiger partial charge in [0.05, 0.1) is 17.4 Å². The van der Waals surface area contributed by atoms with E-state index in [4.69, 9.17) is 9.15 Å². The van der Waals surface area contributed by atoms with Gasteiger partial charge in [-0.15, -0.1) is 0 Å². The van der Waals surface area contributed by atoms with Crippen LogP contribution in [0.2, 0.25) is 0 Å². The predicted octanol–water partition coefficient (Wildman–Crippen LogP) is 4.30. The molecule has 1 aliphatic rings. The fraction of sp³-hybridized carbons (Fsp3) is 0.273. The number of hydrogen-bond acceptors (Lipinski definition) is 5. The number of nitrogens with zero attached hydrogens (tertiary/aromatic N) is 1. The van der Waals surface area contributed by atoms with Crippen LogP contribution in [-0.4, -0.2) is 30.3 Å². The Kier molecular flexibility index (Phi) is 5.69. The molecule has 0 aliphatic carbocycles. The molecule has 9 heteroatoms. The van der Waals surface area contributed by atoms with E-state index in [0.29, 0.717) is 18.5 Å². The molecule has 1 atom stereocenters. The van der Waals surface area contributed by atoms with Gasteiger partial charge >= 0.3 is 6.18 Å². The third-order valence-corrected chi connectivity index (χ3v) is 4.92. The summed E-state index contributed by atoms with van der Waals surface area (Å²) in [5, 5.41) is 13.1. The highest BCUT2D eigenvalue weighted by Gasteiger charge is 2.30. The van der Waals surface area contributed by atoms with Gasteiger partial charge in [-0.3, -0.25) is 4.79 Å². The molecule has 2 heterocycles. The van der Waals surface area contributed by atoms with Crippen molar-refractivity contribution in [1.29, 1.82) is 0 Å². The number of aromatic hydroxyl groups is 1. The Labute approximate surface area is 175 Å². The number of phenols is 1. The molecule has 1 unspecified atom stereocenters. The largest absolute Gasteiger partial charge is 0.508 e. The molecule has 1 saturated heterocycles. The molecule has 2 N–H and O–H groups in total. The number of benzene rings is 2. The highest BCUT2D eigenvalue weighted by atomic mass is 19.4. The molecule has 0 bridgehead atoms. The van der Waals surface area contributed by atoms with E-state index in [1.807, 2.05) is 0 Å². The molecule has 1 aliphatic heterocycles. The maximum absolute atomic E-state index is 12.8. The van der Waals surface area contributed by atoms with E-state index in [-0.39, 0.29) is 34.2 Å². The van der Waals surface area contributed by atoms with Crippen molar-refractivity contribution in [3.05, 3.63) is 65.2 Å². The van der Waals surface area contributed by atoms with Gasteiger partial charge in [-0.25, -0.2) is 4.99 Å². The number of phenolic OH excluding ortho intramolecular Hbond substituents is 1. The van der Waals surface area contributed by atoms with E-state index < -0.39 is 17.6 Å². The van der Waals surface area contributed by atoms with Crippen LogP contribution in [0.3, 0.4) is 0 Å². The summed E-state index contributed by atoms with van der Waals surface area (Å²) >= 11 is 0. The summed E-state index contributed by atoms with van der Waals surface area (Å²) in [4.78, 5) is 17.1. The van der Waals surface area contributed by atoms with Crippen LogP contribution in [0.5, 0.6) is 5.75 Å². The second-order valence-electron chi connectivity index (χ2n) is 7.19. The molecular formula is C22H19F3N2O4. The van der Waals surface area contributed by atoms with Crippen LogP contribution in [0.4, 0.5) is 18.9 Å². The standard InChI is InChI=1S/C22H19F3N2O4/c23-22(24,25)14-4-6-15(7-5-14)27-21-18(20(29)26-12-17-2-1-9-30-17)10-13-3-8-16(28)11-19(13)31-21/h3-8,10-11,17,28H,1-2,9,12H2,(H,26,29). The Morgan fingerprint density at radius 3 is 2.61 bits per heavy atom.